The van der Waals surface area contributed by atoms with E-state index in [4.69, 9.17) is 0 Å². The Labute approximate surface area is 171 Å². The molecule has 0 unspecified atom stereocenters. The van der Waals surface area contributed by atoms with E-state index in [0.29, 0.717) is 16.8 Å². The summed E-state index contributed by atoms with van der Waals surface area (Å²) < 4.78 is 28.4. The first-order valence-corrected chi connectivity index (χ1v) is 9.17. The molecule has 0 aliphatic rings. The number of benzene rings is 2. The minimum absolute atomic E-state index is 0.0582. The highest BCUT2D eigenvalue weighted by atomic mass is 19.1. The summed E-state index contributed by atoms with van der Waals surface area (Å²) in [5.41, 5.74) is 3.33. The zero-order valence-corrected chi connectivity index (χ0v) is 16.0. The Bertz CT molecular complexity index is 1170. The van der Waals surface area contributed by atoms with Crippen molar-refractivity contribution >= 4 is 5.91 Å². The van der Waals surface area contributed by atoms with E-state index in [-0.39, 0.29) is 12.2 Å². The second kappa shape index (κ2) is 8.20. The van der Waals surface area contributed by atoms with Crippen LogP contribution in [0, 0.1) is 18.6 Å². The Morgan fingerprint density at radius 3 is 2.47 bits per heavy atom. The Morgan fingerprint density at radius 2 is 1.80 bits per heavy atom. The van der Waals surface area contributed by atoms with Crippen LogP contribution < -0.4 is 5.32 Å². The first-order valence-electron chi connectivity index (χ1n) is 9.17. The largest absolute Gasteiger partial charge is 0.346 e. The zero-order chi connectivity index (χ0) is 21.1. The van der Waals surface area contributed by atoms with Crippen LogP contribution in [0.5, 0.6) is 0 Å². The van der Waals surface area contributed by atoms with Crippen molar-refractivity contribution in [1.29, 1.82) is 0 Å². The minimum atomic E-state index is -0.708. The fourth-order valence-corrected chi connectivity index (χ4v) is 3.04. The lowest BCUT2D eigenvalue weighted by atomic mass is 10.1. The highest BCUT2D eigenvalue weighted by molar-refractivity contribution is 5.98. The van der Waals surface area contributed by atoms with E-state index in [0.717, 1.165) is 29.4 Å². The van der Waals surface area contributed by atoms with Gasteiger partial charge in [-0.1, -0.05) is 22.9 Å². The number of carbonyl (C=O) groups is 1. The lowest BCUT2D eigenvalue weighted by Crippen LogP contribution is -2.24. The minimum Gasteiger partial charge on any atom is -0.346 e. The summed E-state index contributed by atoms with van der Waals surface area (Å²) in [5, 5.41) is 10.9. The standard InChI is InChI=1S/C22H17F2N5O/c1-14-4-6-19(7-5-14)29-21(16-3-2-8-25-13-16)20(27-28-29)22(30)26-12-15-9-17(23)11-18(24)10-15/h2-11,13H,12H2,1H3,(H,26,30). The van der Waals surface area contributed by atoms with Crippen LogP contribution in [-0.2, 0) is 6.54 Å². The highest BCUT2D eigenvalue weighted by Crippen LogP contribution is 2.25. The van der Waals surface area contributed by atoms with Gasteiger partial charge in [0.1, 0.15) is 17.3 Å². The summed E-state index contributed by atoms with van der Waals surface area (Å²) in [4.78, 5) is 17.0. The molecule has 30 heavy (non-hydrogen) atoms. The van der Waals surface area contributed by atoms with Gasteiger partial charge < -0.3 is 5.32 Å². The number of nitrogens with one attached hydrogen (secondary N) is 1. The predicted molar refractivity (Wildman–Crippen MR) is 107 cm³/mol. The Morgan fingerprint density at radius 1 is 1.07 bits per heavy atom. The van der Waals surface area contributed by atoms with E-state index in [9.17, 15) is 13.6 Å². The highest BCUT2D eigenvalue weighted by Gasteiger charge is 2.22. The molecule has 6 nitrogen and oxygen atoms in total. The molecule has 8 heteroatoms. The molecule has 1 amide bonds. The molecule has 4 rings (SSSR count). The van der Waals surface area contributed by atoms with E-state index in [1.807, 2.05) is 31.2 Å². The monoisotopic (exact) mass is 405 g/mol. The van der Waals surface area contributed by atoms with Crippen molar-refractivity contribution in [1.82, 2.24) is 25.3 Å². The maximum atomic E-state index is 13.4. The molecule has 2 aromatic carbocycles. The van der Waals surface area contributed by atoms with Crippen molar-refractivity contribution < 1.29 is 13.6 Å². The summed E-state index contributed by atoms with van der Waals surface area (Å²) in [7, 11) is 0. The number of nitrogens with zero attached hydrogens (tertiary/aromatic N) is 4. The smallest absolute Gasteiger partial charge is 0.274 e. The molecule has 0 aliphatic carbocycles. The van der Waals surface area contributed by atoms with Gasteiger partial charge in [0.25, 0.3) is 5.91 Å². The second-order valence-electron chi connectivity index (χ2n) is 6.74. The van der Waals surface area contributed by atoms with Crippen LogP contribution in [0.25, 0.3) is 16.9 Å². The molecule has 0 saturated heterocycles. The van der Waals surface area contributed by atoms with Crippen molar-refractivity contribution in [2.45, 2.75) is 13.5 Å². The van der Waals surface area contributed by atoms with E-state index < -0.39 is 17.5 Å². The lowest BCUT2D eigenvalue weighted by Gasteiger charge is -2.09. The number of amides is 1. The molecular weight excluding hydrogens is 388 g/mol. The van der Waals surface area contributed by atoms with Gasteiger partial charge in [-0.25, -0.2) is 13.5 Å². The predicted octanol–water partition coefficient (Wildman–Crippen LogP) is 3.85. The van der Waals surface area contributed by atoms with Crippen LogP contribution in [0.3, 0.4) is 0 Å². The number of rotatable bonds is 5. The number of aryl methyl sites for hydroxylation is 1. The van der Waals surface area contributed by atoms with Gasteiger partial charge in [0.2, 0.25) is 0 Å². The molecule has 0 saturated carbocycles. The number of pyridine rings is 1. The molecule has 4 aromatic rings. The molecule has 1 N–H and O–H groups in total. The number of carbonyl (C=O) groups excluding carboxylic acids is 1. The van der Waals surface area contributed by atoms with Crippen LogP contribution in [0.1, 0.15) is 21.6 Å². The van der Waals surface area contributed by atoms with Crippen molar-refractivity contribution in [2.75, 3.05) is 0 Å². The van der Waals surface area contributed by atoms with Crippen molar-refractivity contribution in [2.24, 2.45) is 0 Å². The third-order valence-electron chi connectivity index (χ3n) is 4.47. The Hall–Kier alpha value is -3.94. The second-order valence-corrected chi connectivity index (χ2v) is 6.74. The van der Waals surface area contributed by atoms with Crippen molar-refractivity contribution in [3.63, 3.8) is 0 Å². The van der Waals surface area contributed by atoms with Crippen molar-refractivity contribution in [3.05, 3.63) is 95.4 Å². The summed E-state index contributed by atoms with van der Waals surface area (Å²) in [6.45, 7) is 1.92. The van der Waals surface area contributed by atoms with E-state index >= 15 is 0 Å². The van der Waals surface area contributed by atoms with Gasteiger partial charge >= 0.3 is 0 Å². The van der Waals surface area contributed by atoms with Crippen LogP contribution in [0.2, 0.25) is 0 Å². The van der Waals surface area contributed by atoms with E-state index in [1.165, 1.54) is 0 Å². The summed E-state index contributed by atoms with van der Waals surface area (Å²) in [5.74, 6) is -1.93. The number of hydrogen-bond donors (Lipinski definition) is 1. The van der Waals surface area contributed by atoms with Crippen LogP contribution in [0.4, 0.5) is 8.78 Å². The molecule has 0 radical (unpaired) electrons. The van der Waals surface area contributed by atoms with Crippen molar-refractivity contribution in [3.8, 4) is 16.9 Å². The fraction of sp³-hybridized carbons (Fsp3) is 0.0909. The average Bonchev–Trinajstić information content (AvgIpc) is 3.18. The molecule has 150 valence electrons. The van der Waals surface area contributed by atoms with Gasteiger partial charge in [0, 0.05) is 30.6 Å². The third kappa shape index (κ3) is 4.07. The van der Waals surface area contributed by atoms with E-state index in [1.54, 1.807) is 29.2 Å². The van der Waals surface area contributed by atoms with Gasteiger partial charge in [-0.15, -0.1) is 5.10 Å². The molecular formula is C22H17F2N5O. The normalized spacial score (nSPS) is 10.8. The van der Waals surface area contributed by atoms with Gasteiger partial charge in [0.15, 0.2) is 5.69 Å². The van der Waals surface area contributed by atoms with Gasteiger partial charge in [-0.2, -0.15) is 0 Å². The van der Waals surface area contributed by atoms with Crippen LogP contribution in [0.15, 0.2) is 67.0 Å². The quantitative estimate of drug-likeness (QED) is 0.548. The molecule has 0 spiro atoms. The molecule has 0 fully saturated rings. The van der Waals surface area contributed by atoms with Crippen LogP contribution >= 0.6 is 0 Å². The maximum absolute atomic E-state index is 13.4. The molecule has 0 atom stereocenters. The van der Waals surface area contributed by atoms with E-state index in [2.05, 4.69) is 20.6 Å². The average molecular weight is 405 g/mol. The third-order valence-corrected chi connectivity index (χ3v) is 4.47. The molecule has 2 heterocycles. The first kappa shape index (κ1) is 19.4. The first-order chi connectivity index (χ1) is 14.5. The van der Waals surface area contributed by atoms with Gasteiger partial charge in [-0.05, 0) is 48.9 Å². The molecule has 0 bridgehead atoms. The summed E-state index contributed by atoms with van der Waals surface area (Å²) in [6, 6.07) is 14.3. The number of halogens is 2. The van der Waals surface area contributed by atoms with Gasteiger partial charge in [0.05, 0.1) is 5.69 Å². The number of hydrogen-bond acceptors (Lipinski definition) is 4. The Balaban J connectivity index is 1.68. The fourth-order valence-electron chi connectivity index (χ4n) is 3.04. The van der Waals surface area contributed by atoms with Gasteiger partial charge in [-0.3, -0.25) is 9.78 Å². The lowest BCUT2D eigenvalue weighted by molar-refractivity contribution is 0.0946. The maximum Gasteiger partial charge on any atom is 0.274 e. The zero-order valence-electron chi connectivity index (χ0n) is 16.0. The topological polar surface area (TPSA) is 72.7 Å². The summed E-state index contributed by atoms with van der Waals surface area (Å²) in [6.07, 6.45) is 3.24. The number of aromatic nitrogens is 4. The van der Waals surface area contributed by atoms with Crippen LogP contribution in [-0.4, -0.2) is 25.9 Å². The SMILES string of the molecule is Cc1ccc(-n2nnc(C(=O)NCc3cc(F)cc(F)c3)c2-c2cccnc2)cc1. The molecule has 2 aromatic heterocycles. The molecule has 0 aliphatic heterocycles. The Kier molecular flexibility index (Phi) is 5.30. The summed E-state index contributed by atoms with van der Waals surface area (Å²) >= 11 is 0.